The van der Waals surface area contributed by atoms with E-state index in [1.165, 1.54) is 6.07 Å². The molecule has 10 heteroatoms. The number of nitrogens with zero attached hydrogens (tertiary/aromatic N) is 1. The first-order chi connectivity index (χ1) is 11.7. The number of carbonyl (C=O) groups excluding carboxylic acids is 1. The molecule has 1 aromatic rings. The molecule has 0 unspecified atom stereocenters. The van der Waals surface area contributed by atoms with Gasteiger partial charge in [-0.05, 0) is 18.9 Å². The van der Waals surface area contributed by atoms with Crippen LogP contribution in [0.5, 0.6) is 5.88 Å². The fourth-order valence-corrected chi connectivity index (χ4v) is 2.50. The molecule has 138 valence electrons. The highest BCUT2D eigenvalue weighted by atomic mass is 19.4. The van der Waals surface area contributed by atoms with Crippen LogP contribution in [0.1, 0.15) is 29.6 Å². The summed E-state index contributed by atoms with van der Waals surface area (Å²) in [7, 11) is 0. The average Bonchev–Trinajstić information content (AvgIpc) is 2.52. The molecule has 1 saturated heterocycles. The van der Waals surface area contributed by atoms with Crippen LogP contribution in [0, 0.1) is 0 Å². The minimum atomic E-state index is -4.52. The summed E-state index contributed by atoms with van der Waals surface area (Å²) in [5.41, 5.74) is -0.930. The van der Waals surface area contributed by atoms with Gasteiger partial charge >= 0.3 is 12.1 Å². The fraction of sp³-hybridized carbons (Fsp3) is 0.533. The number of pyridine rings is 1. The number of hydrogen-bond acceptors (Lipinski definition) is 5. The smallest absolute Gasteiger partial charge is 0.422 e. The SMILES string of the molecule is O=C(O)CC1(NC(=O)c2ccnc(OCC(F)(F)F)c2)CCOCC1. The van der Waals surface area contributed by atoms with Gasteiger partial charge in [-0.3, -0.25) is 9.59 Å². The summed E-state index contributed by atoms with van der Waals surface area (Å²) in [6.07, 6.45) is -2.99. The van der Waals surface area contributed by atoms with Crippen LogP contribution in [0.25, 0.3) is 0 Å². The zero-order chi connectivity index (χ0) is 18.5. The van der Waals surface area contributed by atoms with E-state index < -0.39 is 30.2 Å². The highest BCUT2D eigenvalue weighted by Gasteiger charge is 2.36. The second kappa shape index (κ2) is 7.68. The summed E-state index contributed by atoms with van der Waals surface area (Å²) < 4.78 is 46.3. The van der Waals surface area contributed by atoms with Crippen molar-refractivity contribution >= 4 is 11.9 Å². The Morgan fingerprint density at radius 1 is 1.36 bits per heavy atom. The van der Waals surface area contributed by atoms with E-state index in [1.807, 2.05) is 0 Å². The lowest BCUT2D eigenvalue weighted by molar-refractivity contribution is -0.154. The molecule has 1 aliphatic heterocycles. The van der Waals surface area contributed by atoms with Crippen molar-refractivity contribution in [1.29, 1.82) is 0 Å². The van der Waals surface area contributed by atoms with Crippen molar-refractivity contribution in [3.05, 3.63) is 23.9 Å². The van der Waals surface area contributed by atoms with Gasteiger partial charge in [-0.25, -0.2) is 4.98 Å². The van der Waals surface area contributed by atoms with Crippen molar-refractivity contribution < 1.29 is 37.3 Å². The first kappa shape index (κ1) is 19.0. The molecule has 0 saturated carbocycles. The molecule has 1 amide bonds. The Balaban J connectivity index is 2.09. The second-order valence-electron chi connectivity index (χ2n) is 5.70. The average molecular weight is 362 g/mol. The molecular formula is C15H17F3N2O5. The summed E-state index contributed by atoms with van der Waals surface area (Å²) in [6.45, 7) is -0.904. The predicted octanol–water partition coefficient (Wildman–Crippen LogP) is 1.78. The molecule has 2 heterocycles. The number of aliphatic carboxylic acids is 1. The number of hydrogen-bond donors (Lipinski definition) is 2. The number of rotatable bonds is 6. The molecule has 1 aliphatic rings. The Kier molecular flexibility index (Phi) is 5.83. The third-order valence-corrected chi connectivity index (χ3v) is 3.70. The normalized spacial score (nSPS) is 16.9. The summed E-state index contributed by atoms with van der Waals surface area (Å²) >= 11 is 0. The summed E-state index contributed by atoms with van der Waals surface area (Å²) in [6, 6.07) is 2.39. The van der Waals surface area contributed by atoms with Crippen molar-refractivity contribution in [2.75, 3.05) is 19.8 Å². The third-order valence-electron chi connectivity index (χ3n) is 3.70. The van der Waals surface area contributed by atoms with Crippen LogP contribution < -0.4 is 10.1 Å². The standard InChI is InChI=1S/C15H17F3N2O5/c16-15(17,18)9-25-11-7-10(1-4-19-11)13(23)20-14(8-12(21)22)2-5-24-6-3-14/h1,4,7H,2-3,5-6,8-9H2,(H,20,23)(H,21,22). The van der Waals surface area contributed by atoms with Crippen LogP contribution >= 0.6 is 0 Å². The van der Waals surface area contributed by atoms with Gasteiger partial charge in [-0.1, -0.05) is 0 Å². The van der Waals surface area contributed by atoms with Gasteiger partial charge in [0.05, 0.1) is 12.0 Å². The monoisotopic (exact) mass is 362 g/mol. The van der Waals surface area contributed by atoms with Crippen molar-refractivity contribution in [2.24, 2.45) is 0 Å². The van der Waals surface area contributed by atoms with Gasteiger partial charge in [0.15, 0.2) is 6.61 Å². The number of alkyl halides is 3. The first-order valence-electron chi connectivity index (χ1n) is 7.47. The van der Waals surface area contributed by atoms with Gasteiger partial charge in [-0.2, -0.15) is 13.2 Å². The second-order valence-corrected chi connectivity index (χ2v) is 5.70. The van der Waals surface area contributed by atoms with E-state index in [0.717, 1.165) is 12.3 Å². The lowest BCUT2D eigenvalue weighted by Crippen LogP contribution is -2.53. The van der Waals surface area contributed by atoms with Gasteiger partial charge in [0.2, 0.25) is 5.88 Å². The lowest BCUT2D eigenvalue weighted by atomic mass is 9.86. The molecule has 1 aromatic heterocycles. The van der Waals surface area contributed by atoms with Crippen LogP contribution in [0.15, 0.2) is 18.3 Å². The van der Waals surface area contributed by atoms with Gasteiger partial charge in [-0.15, -0.1) is 0 Å². The van der Waals surface area contributed by atoms with Gasteiger partial charge in [0.1, 0.15) is 0 Å². The minimum absolute atomic E-state index is 0.0310. The molecule has 0 spiro atoms. The van der Waals surface area contributed by atoms with E-state index >= 15 is 0 Å². The summed E-state index contributed by atoms with van der Waals surface area (Å²) in [5.74, 6) is -2.02. The molecule has 0 aromatic carbocycles. The fourth-order valence-electron chi connectivity index (χ4n) is 2.50. The molecule has 2 N–H and O–H groups in total. The van der Waals surface area contributed by atoms with E-state index in [-0.39, 0.29) is 17.9 Å². The quantitative estimate of drug-likeness (QED) is 0.801. The molecule has 25 heavy (non-hydrogen) atoms. The zero-order valence-electron chi connectivity index (χ0n) is 13.1. The van der Waals surface area contributed by atoms with E-state index in [9.17, 15) is 22.8 Å². The Bertz CT molecular complexity index is 630. The number of aromatic nitrogens is 1. The van der Waals surface area contributed by atoms with Crippen molar-refractivity contribution in [2.45, 2.75) is 31.0 Å². The maximum absolute atomic E-state index is 12.4. The highest BCUT2D eigenvalue weighted by molar-refractivity contribution is 5.95. The summed E-state index contributed by atoms with van der Waals surface area (Å²) in [4.78, 5) is 27.1. The topological polar surface area (TPSA) is 97.8 Å². The van der Waals surface area contributed by atoms with Gasteiger partial charge < -0.3 is 19.9 Å². The molecule has 0 aliphatic carbocycles. The van der Waals surface area contributed by atoms with E-state index in [1.54, 1.807) is 0 Å². The van der Waals surface area contributed by atoms with E-state index in [2.05, 4.69) is 15.0 Å². The number of halogens is 3. The van der Waals surface area contributed by atoms with E-state index in [0.29, 0.717) is 26.1 Å². The number of ether oxygens (including phenoxy) is 2. The van der Waals surface area contributed by atoms with Gasteiger partial charge in [0.25, 0.3) is 5.91 Å². The zero-order valence-corrected chi connectivity index (χ0v) is 13.1. The van der Waals surface area contributed by atoms with E-state index in [4.69, 9.17) is 9.84 Å². The Morgan fingerprint density at radius 2 is 2.04 bits per heavy atom. The first-order valence-corrected chi connectivity index (χ1v) is 7.47. The number of nitrogens with one attached hydrogen (secondary N) is 1. The Morgan fingerprint density at radius 3 is 2.64 bits per heavy atom. The van der Waals surface area contributed by atoms with Crippen molar-refractivity contribution in [1.82, 2.24) is 10.3 Å². The van der Waals surface area contributed by atoms with Crippen LogP contribution in [0.4, 0.5) is 13.2 Å². The number of carbonyl (C=O) groups is 2. The Hall–Kier alpha value is -2.36. The van der Waals surface area contributed by atoms with Crippen molar-refractivity contribution in [3.8, 4) is 5.88 Å². The largest absolute Gasteiger partial charge is 0.481 e. The molecule has 2 rings (SSSR count). The highest BCUT2D eigenvalue weighted by Crippen LogP contribution is 2.25. The lowest BCUT2D eigenvalue weighted by Gasteiger charge is -2.36. The molecule has 0 atom stereocenters. The molecule has 0 radical (unpaired) electrons. The maximum atomic E-state index is 12.4. The number of carboxylic acid groups (broad SMARTS) is 1. The van der Waals surface area contributed by atoms with Crippen molar-refractivity contribution in [3.63, 3.8) is 0 Å². The number of carboxylic acids is 1. The molecular weight excluding hydrogens is 345 g/mol. The Labute approximate surface area is 141 Å². The van der Waals surface area contributed by atoms with Crippen LogP contribution in [0.3, 0.4) is 0 Å². The molecule has 0 bridgehead atoms. The molecule has 1 fully saturated rings. The van der Waals surface area contributed by atoms with Crippen LogP contribution in [-0.4, -0.2) is 53.5 Å². The van der Waals surface area contributed by atoms with Gasteiger partial charge in [0, 0.05) is 31.0 Å². The molecule has 7 nitrogen and oxygen atoms in total. The third kappa shape index (κ3) is 5.89. The maximum Gasteiger partial charge on any atom is 0.422 e. The predicted molar refractivity (Wildman–Crippen MR) is 78.3 cm³/mol. The minimum Gasteiger partial charge on any atom is -0.481 e. The van der Waals surface area contributed by atoms with Crippen LogP contribution in [0.2, 0.25) is 0 Å². The number of amides is 1. The van der Waals surface area contributed by atoms with Crippen LogP contribution in [-0.2, 0) is 9.53 Å². The summed E-state index contributed by atoms with van der Waals surface area (Å²) in [5, 5.41) is 11.8.